The van der Waals surface area contributed by atoms with Crippen LogP contribution in [0.1, 0.15) is 27.7 Å². The molecule has 2 aromatic rings. The summed E-state index contributed by atoms with van der Waals surface area (Å²) in [5.74, 6) is 2.72. The summed E-state index contributed by atoms with van der Waals surface area (Å²) in [6, 6.07) is 12.1. The van der Waals surface area contributed by atoms with Gasteiger partial charge in [0.2, 0.25) is 0 Å². The molecule has 0 aliphatic carbocycles. The quantitative estimate of drug-likeness (QED) is 0.218. The molecule has 0 heterocycles. The number of aliphatic hydroxyl groups is 2. The van der Waals surface area contributed by atoms with Gasteiger partial charge < -0.3 is 19.7 Å². The van der Waals surface area contributed by atoms with E-state index in [2.05, 4.69) is 13.2 Å². The van der Waals surface area contributed by atoms with Crippen LogP contribution in [0.2, 0.25) is 0 Å². The van der Waals surface area contributed by atoms with E-state index >= 15 is 0 Å². The van der Waals surface area contributed by atoms with Crippen molar-refractivity contribution in [1.29, 1.82) is 0 Å². The third-order valence-corrected chi connectivity index (χ3v) is 7.64. The first-order chi connectivity index (χ1) is 15.7. The van der Waals surface area contributed by atoms with Gasteiger partial charge in [-0.2, -0.15) is 0 Å². The van der Waals surface area contributed by atoms with Gasteiger partial charge in [-0.05, 0) is 63.1 Å². The molecule has 0 amide bonds. The van der Waals surface area contributed by atoms with E-state index < -0.39 is 12.2 Å². The van der Waals surface area contributed by atoms with E-state index in [0.29, 0.717) is 24.7 Å². The monoisotopic (exact) mass is 506 g/mol. The van der Waals surface area contributed by atoms with Crippen molar-refractivity contribution in [2.45, 2.75) is 59.5 Å². The van der Waals surface area contributed by atoms with Crippen molar-refractivity contribution in [3.05, 3.63) is 60.7 Å². The Balaban J connectivity index is 2.44. The molecule has 2 N–H and O–H groups in total. The molecule has 2 aromatic carbocycles. The van der Waals surface area contributed by atoms with Gasteiger partial charge in [0.1, 0.15) is 24.7 Å². The Morgan fingerprint density at radius 1 is 0.758 bits per heavy atom. The van der Waals surface area contributed by atoms with E-state index in [-0.39, 0.29) is 0 Å². The van der Waals surface area contributed by atoms with Crippen molar-refractivity contribution >= 4 is 35.3 Å². The molecule has 0 aliphatic heterocycles. The van der Waals surface area contributed by atoms with E-state index in [4.69, 9.17) is 9.47 Å². The van der Waals surface area contributed by atoms with Crippen LogP contribution in [0.25, 0.3) is 0 Å². The Labute approximate surface area is 210 Å². The fraction of sp³-hybridized carbons (Fsp3) is 0.385. The van der Waals surface area contributed by atoms with E-state index in [1.54, 1.807) is 49.1 Å². The predicted molar refractivity (Wildman–Crippen MR) is 142 cm³/mol. The van der Waals surface area contributed by atoms with Crippen molar-refractivity contribution in [3.63, 3.8) is 0 Å². The highest BCUT2D eigenvalue weighted by Crippen LogP contribution is 2.46. The second kappa shape index (κ2) is 14.0. The predicted octanol–water partition coefficient (Wildman–Crippen LogP) is 6.69. The van der Waals surface area contributed by atoms with Gasteiger partial charge in [0.15, 0.2) is 0 Å². The second-order valence-corrected chi connectivity index (χ2v) is 11.3. The number of para-hydroxylation sites is 2. The first-order valence-electron chi connectivity index (χ1n) is 10.8. The molecule has 0 spiro atoms. The number of hydrogen-bond acceptors (Lipinski definition) is 7. The highest BCUT2D eigenvalue weighted by molar-refractivity contribution is 8.00. The molecule has 2 rings (SSSR count). The molecular weight excluding hydrogens is 472 g/mol. The van der Waals surface area contributed by atoms with Gasteiger partial charge in [0.25, 0.3) is 0 Å². The first kappa shape index (κ1) is 27.7. The summed E-state index contributed by atoms with van der Waals surface area (Å²) in [7, 11) is 0. The summed E-state index contributed by atoms with van der Waals surface area (Å²) in [4.78, 5) is 3.88. The summed E-state index contributed by atoms with van der Waals surface area (Å²) >= 11 is 4.72. The molecule has 0 aromatic heterocycles. The van der Waals surface area contributed by atoms with Gasteiger partial charge in [-0.1, -0.05) is 37.1 Å². The zero-order valence-electron chi connectivity index (χ0n) is 19.8. The van der Waals surface area contributed by atoms with Crippen LogP contribution in [-0.4, -0.2) is 47.1 Å². The standard InChI is InChI=1S/C26H34O4S3/c1-17(2)13-29-25-21(31-15-19(5)27)9-7-11-23(25)33-24-12-8-10-22(32-16-20(6)28)26(24)30-14-18(3)4/h7-12,19-20,27-28H,1,3,13-16H2,2,4-6H3. The smallest absolute Gasteiger partial charge is 0.147 e. The van der Waals surface area contributed by atoms with Crippen molar-refractivity contribution in [2.75, 3.05) is 24.7 Å². The van der Waals surface area contributed by atoms with E-state index in [1.807, 2.05) is 50.2 Å². The average Bonchev–Trinajstić information content (AvgIpc) is 2.74. The van der Waals surface area contributed by atoms with Gasteiger partial charge in [0, 0.05) is 11.5 Å². The maximum absolute atomic E-state index is 9.76. The lowest BCUT2D eigenvalue weighted by molar-refractivity contribution is 0.220. The highest BCUT2D eigenvalue weighted by Gasteiger charge is 2.18. The second-order valence-electron chi connectivity index (χ2n) is 8.08. The maximum atomic E-state index is 9.76. The number of benzene rings is 2. The lowest BCUT2D eigenvalue weighted by atomic mass is 10.3. The minimum Gasteiger partial charge on any atom is -0.487 e. The molecule has 2 atom stereocenters. The Bertz CT molecular complexity index is 866. The minimum atomic E-state index is -0.412. The number of thioether (sulfide) groups is 2. The summed E-state index contributed by atoms with van der Waals surface area (Å²) in [5, 5.41) is 19.5. The van der Waals surface area contributed by atoms with Crippen LogP contribution in [-0.2, 0) is 0 Å². The minimum absolute atomic E-state index is 0.412. The largest absolute Gasteiger partial charge is 0.487 e. The van der Waals surface area contributed by atoms with E-state index in [9.17, 15) is 10.2 Å². The molecule has 0 fully saturated rings. The number of hydrogen-bond donors (Lipinski definition) is 2. The summed E-state index contributed by atoms with van der Waals surface area (Å²) in [5.41, 5.74) is 1.87. The lowest BCUT2D eigenvalue weighted by Crippen LogP contribution is -2.05. The van der Waals surface area contributed by atoms with Crippen molar-refractivity contribution in [2.24, 2.45) is 0 Å². The fourth-order valence-corrected chi connectivity index (χ4v) is 5.57. The molecule has 0 saturated heterocycles. The Morgan fingerprint density at radius 3 is 1.45 bits per heavy atom. The van der Waals surface area contributed by atoms with Gasteiger partial charge in [-0.25, -0.2) is 0 Å². The molecule has 180 valence electrons. The molecule has 7 heteroatoms. The highest BCUT2D eigenvalue weighted by atomic mass is 32.2. The average molecular weight is 507 g/mol. The van der Waals surface area contributed by atoms with Gasteiger partial charge in [0.05, 0.1) is 31.8 Å². The maximum Gasteiger partial charge on any atom is 0.147 e. The van der Waals surface area contributed by atoms with Crippen LogP contribution in [0.15, 0.2) is 80.3 Å². The first-order valence-corrected chi connectivity index (χ1v) is 13.6. The van der Waals surface area contributed by atoms with E-state index in [0.717, 1.165) is 42.2 Å². The number of ether oxygens (including phenoxy) is 2. The number of rotatable bonds is 14. The topological polar surface area (TPSA) is 58.9 Å². The molecule has 4 nitrogen and oxygen atoms in total. The zero-order chi connectivity index (χ0) is 24.4. The molecule has 2 unspecified atom stereocenters. The van der Waals surface area contributed by atoms with Gasteiger partial charge in [-0.3, -0.25) is 0 Å². The van der Waals surface area contributed by atoms with Crippen LogP contribution in [0.5, 0.6) is 11.5 Å². The van der Waals surface area contributed by atoms with Crippen molar-refractivity contribution in [1.82, 2.24) is 0 Å². The van der Waals surface area contributed by atoms with Crippen LogP contribution in [0.3, 0.4) is 0 Å². The Hall–Kier alpha value is -1.51. The SMILES string of the molecule is C=C(C)COc1c(SCC(C)O)cccc1Sc1cccc(SCC(C)O)c1OCC(=C)C. The Kier molecular flexibility index (Phi) is 11.8. The normalized spacial score (nSPS) is 12.8. The zero-order valence-corrected chi connectivity index (χ0v) is 22.2. The number of aliphatic hydroxyl groups excluding tert-OH is 2. The van der Waals surface area contributed by atoms with Crippen LogP contribution >= 0.6 is 35.3 Å². The van der Waals surface area contributed by atoms with Crippen LogP contribution in [0, 0.1) is 0 Å². The van der Waals surface area contributed by atoms with E-state index in [1.165, 1.54) is 0 Å². The van der Waals surface area contributed by atoms with Crippen LogP contribution < -0.4 is 9.47 Å². The molecule has 0 saturated carbocycles. The van der Waals surface area contributed by atoms with Gasteiger partial charge >= 0.3 is 0 Å². The van der Waals surface area contributed by atoms with Crippen LogP contribution in [0.4, 0.5) is 0 Å². The summed E-state index contributed by atoms with van der Waals surface area (Å²) in [6.07, 6.45) is -0.824. The molecule has 0 aliphatic rings. The summed E-state index contributed by atoms with van der Waals surface area (Å²) < 4.78 is 12.3. The third-order valence-electron chi connectivity index (χ3n) is 3.99. The lowest BCUT2D eigenvalue weighted by Gasteiger charge is -2.19. The third kappa shape index (κ3) is 9.71. The molecule has 33 heavy (non-hydrogen) atoms. The van der Waals surface area contributed by atoms with Crippen molar-refractivity contribution < 1.29 is 19.7 Å². The van der Waals surface area contributed by atoms with Gasteiger partial charge in [-0.15, -0.1) is 23.5 Å². The fourth-order valence-electron chi connectivity index (χ4n) is 2.59. The molecular formula is C26H34O4S3. The summed E-state index contributed by atoms with van der Waals surface area (Å²) in [6.45, 7) is 16.2. The molecule has 0 bridgehead atoms. The van der Waals surface area contributed by atoms with Crippen molar-refractivity contribution in [3.8, 4) is 11.5 Å². The molecule has 0 radical (unpaired) electrons. The Morgan fingerprint density at radius 2 is 1.12 bits per heavy atom.